The van der Waals surface area contributed by atoms with Gasteiger partial charge in [0.15, 0.2) is 6.61 Å². The number of methoxy groups -OCH3 is 1. The molecule has 162 valence electrons. The molecular weight excluding hydrogens is 404 g/mol. The molecular formula is C22H28N2O5S. The van der Waals surface area contributed by atoms with Crippen LogP contribution in [0.4, 0.5) is 0 Å². The van der Waals surface area contributed by atoms with E-state index in [0.29, 0.717) is 30.2 Å². The van der Waals surface area contributed by atoms with Gasteiger partial charge in [-0.05, 0) is 56.5 Å². The first-order valence-electron chi connectivity index (χ1n) is 9.99. The second-order valence-electron chi connectivity index (χ2n) is 7.36. The Balaban J connectivity index is 1.61. The fourth-order valence-corrected chi connectivity index (χ4v) is 5.15. The summed E-state index contributed by atoms with van der Waals surface area (Å²) in [4.78, 5) is 12.6. The minimum atomic E-state index is -3.48. The molecule has 1 heterocycles. The van der Waals surface area contributed by atoms with Gasteiger partial charge in [-0.2, -0.15) is 4.31 Å². The lowest BCUT2D eigenvalue weighted by Gasteiger charge is -2.18. The molecule has 0 spiro atoms. The molecule has 2 aromatic rings. The van der Waals surface area contributed by atoms with Crippen molar-refractivity contribution < 1.29 is 22.7 Å². The molecule has 3 rings (SSSR count). The van der Waals surface area contributed by atoms with Gasteiger partial charge in [0.2, 0.25) is 10.0 Å². The summed E-state index contributed by atoms with van der Waals surface area (Å²) in [7, 11) is -1.89. The summed E-state index contributed by atoms with van der Waals surface area (Å²) in [6, 6.07) is 12.0. The van der Waals surface area contributed by atoms with E-state index in [0.717, 1.165) is 18.4 Å². The molecule has 1 amide bonds. The number of ether oxygens (including phenoxy) is 2. The van der Waals surface area contributed by atoms with Crippen LogP contribution in [-0.2, 0) is 14.8 Å². The molecule has 1 N–H and O–H groups in total. The molecule has 30 heavy (non-hydrogen) atoms. The van der Waals surface area contributed by atoms with Crippen molar-refractivity contribution in [2.75, 3.05) is 26.8 Å². The highest BCUT2D eigenvalue weighted by molar-refractivity contribution is 7.89. The monoisotopic (exact) mass is 432 g/mol. The van der Waals surface area contributed by atoms with Crippen LogP contribution in [0, 0.1) is 6.92 Å². The van der Waals surface area contributed by atoms with Gasteiger partial charge in [-0.15, -0.1) is 0 Å². The minimum absolute atomic E-state index is 0.168. The molecule has 1 atom stereocenters. The zero-order valence-electron chi connectivity index (χ0n) is 17.6. The van der Waals surface area contributed by atoms with E-state index in [1.165, 1.54) is 10.4 Å². The van der Waals surface area contributed by atoms with E-state index < -0.39 is 10.0 Å². The van der Waals surface area contributed by atoms with Gasteiger partial charge in [-0.25, -0.2) is 8.42 Å². The fourth-order valence-electron chi connectivity index (χ4n) is 3.55. The van der Waals surface area contributed by atoms with Crippen molar-refractivity contribution in [3.63, 3.8) is 0 Å². The number of para-hydroxylation sites is 1. The van der Waals surface area contributed by atoms with Crippen LogP contribution >= 0.6 is 0 Å². The van der Waals surface area contributed by atoms with Crippen molar-refractivity contribution in [3.8, 4) is 11.5 Å². The number of hydrogen-bond acceptors (Lipinski definition) is 5. The Labute approximate surface area is 178 Å². The van der Waals surface area contributed by atoms with Crippen molar-refractivity contribution in [3.05, 3.63) is 53.6 Å². The van der Waals surface area contributed by atoms with Gasteiger partial charge in [0.05, 0.1) is 18.0 Å². The first-order valence-corrected chi connectivity index (χ1v) is 11.4. The number of aryl methyl sites for hydroxylation is 1. The number of benzene rings is 2. The van der Waals surface area contributed by atoms with Gasteiger partial charge in [-0.3, -0.25) is 4.79 Å². The van der Waals surface area contributed by atoms with E-state index >= 15 is 0 Å². The van der Waals surface area contributed by atoms with Crippen LogP contribution in [-0.4, -0.2) is 45.4 Å². The molecule has 0 aromatic heterocycles. The van der Waals surface area contributed by atoms with Crippen molar-refractivity contribution >= 4 is 15.9 Å². The SMILES string of the molecule is COc1ccccc1[C@H](C)NC(=O)COc1ccc(S(=O)(=O)N2CCCC2)cc1C. The standard InChI is InChI=1S/C22H28N2O5S/c1-16-14-18(30(26,27)24-12-6-7-13-24)10-11-20(16)29-15-22(25)23-17(2)19-8-4-5-9-21(19)28-3/h4-5,8-11,14,17H,6-7,12-13,15H2,1-3H3,(H,23,25)/t17-/m0/s1. The third-order valence-electron chi connectivity index (χ3n) is 5.19. The average molecular weight is 433 g/mol. The third kappa shape index (κ3) is 4.94. The largest absolute Gasteiger partial charge is 0.496 e. The number of sulfonamides is 1. The number of nitrogens with zero attached hydrogens (tertiary/aromatic N) is 1. The van der Waals surface area contributed by atoms with Crippen LogP contribution in [0.5, 0.6) is 11.5 Å². The van der Waals surface area contributed by atoms with Crippen molar-refractivity contribution in [1.29, 1.82) is 0 Å². The number of nitrogens with one attached hydrogen (secondary N) is 1. The minimum Gasteiger partial charge on any atom is -0.496 e. The molecule has 0 bridgehead atoms. The molecule has 1 saturated heterocycles. The Morgan fingerprint density at radius 1 is 1.13 bits per heavy atom. The van der Waals surface area contributed by atoms with Crippen molar-refractivity contribution in [1.82, 2.24) is 9.62 Å². The summed E-state index contributed by atoms with van der Waals surface area (Å²) < 4.78 is 37.8. The second kappa shape index (κ2) is 9.49. The average Bonchev–Trinajstić information content (AvgIpc) is 3.28. The van der Waals surface area contributed by atoms with E-state index in [1.54, 1.807) is 26.2 Å². The molecule has 1 aliphatic rings. The van der Waals surface area contributed by atoms with E-state index in [9.17, 15) is 13.2 Å². The summed E-state index contributed by atoms with van der Waals surface area (Å²) in [6.45, 7) is 4.60. The lowest BCUT2D eigenvalue weighted by molar-refractivity contribution is -0.123. The normalized spacial score (nSPS) is 15.6. The maximum absolute atomic E-state index is 12.7. The predicted octanol–water partition coefficient (Wildman–Crippen LogP) is 3.04. The van der Waals surface area contributed by atoms with Gasteiger partial charge >= 0.3 is 0 Å². The molecule has 0 aliphatic carbocycles. The van der Waals surface area contributed by atoms with Gasteiger partial charge < -0.3 is 14.8 Å². The maximum Gasteiger partial charge on any atom is 0.258 e. The highest BCUT2D eigenvalue weighted by Gasteiger charge is 2.27. The van der Waals surface area contributed by atoms with E-state index in [2.05, 4.69) is 5.32 Å². The maximum atomic E-state index is 12.7. The van der Waals surface area contributed by atoms with E-state index in [-0.39, 0.29) is 23.5 Å². The van der Waals surface area contributed by atoms with Crippen LogP contribution in [0.1, 0.15) is 36.9 Å². The number of rotatable bonds is 8. The summed E-state index contributed by atoms with van der Waals surface area (Å²) in [5, 5.41) is 2.89. The van der Waals surface area contributed by atoms with Crippen molar-refractivity contribution in [2.24, 2.45) is 0 Å². The quantitative estimate of drug-likeness (QED) is 0.693. The molecule has 1 aliphatic heterocycles. The summed E-state index contributed by atoms with van der Waals surface area (Å²) in [5.41, 5.74) is 1.54. The van der Waals surface area contributed by atoms with Crippen LogP contribution in [0.25, 0.3) is 0 Å². The third-order valence-corrected chi connectivity index (χ3v) is 7.09. The molecule has 2 aromatic carbocycles. The van der Waals surface area contributed by atoms with Crippen LogP contribution in [0.15, 0.2) is 47.4 Å². The lowest BCUT2D eigenvalue weighted by Crippen LogP contribution is -2.31. The Hall–Kier alpha value is -2.58. The molecule has 0 saturated carbocycles. The molecule has 8 heteroatoms. The molecule has 0 unspecified atom stereocenters. The Morgan fingerprint density at radius 2 is 1.83 bits per heavy atom. The zero-order chi connectivity index (χ0) is 21.7. The number of amides is 1. The first-order chi connectivity index (χ1) is 14.3. The van der Waals surface area contributed by atoms with Gasteiger partial charge in [0.1, 0.15) is 11.5 Å². The summed E-state index contributed by atoms with van der Waals surface area (Å²) >= 11 is 0. The van der Waals surface area contributed by atoms with Gasteiger partial charge in [-0.1, -0.05) is 18.2 Å². The zero-order valence-corrected chi connectivity index (χ0v) is 18.4. The van der Waals surface area contributed by atoms with Crippen LogP contribution < -0.4 is 14.8 Å². The Bertz CT molecular complexity index is 1000. The second-order valence-corrected chi connectivity index (χ2v) is 9.30. The van der Waals surface area contributed by atoms with Crippen molar-refractivity contribution in [2.45, 2.75) is 37.6 Å². The molecule has 7 nitrogen and oxygen atoms in total. The Morgan fingerprint density at radius 3 is 2.50 bits per heavy atom. The van der Waals surface area contributed by atoms with Crippen LogP contribution in [0.2, 0.25) is 0 Å². The summed E-state index contributed by atoms with van der Waals surface area (Å²) in [6.07, 6.45) is 1.78. The fraction of sp³-hybridized carbons (Fsp3) is 0.409. The molecule has 0 radical (unpaired) electrons. The topological polar surface area (TPSA) is 84.9 Å². The predicted molar refractivity (Wildman–Crippen MR) is 114 cm³/mol. The number of carbonyl (C=O) groups is 1. The number of carbonyl (C=O) groups excluding carboxylic acids is 1. The first kappa shape index (κ1) is 22.1. The highest BCUT2D eigenvalue weighted by atomic mass is 32.2. The van der Waals surface area contributed by atoms with E-state index in [4.69, 9.17) is 9.47 Å². The highest BCUT2D eigenvalue weighted by Crippen LogP contribution is 2.27. The van der Waals surface area contributed by atoms with Gasteiger partial charge in [0.25, 0.3) is 5.91 Å². The Kier molecular flexibility index (Phi) is 6.99. The lowest BCUT2D eigenvalue weighted by atomic mass is 10.1. The van der Waals surface area contributed by atoms with Crippen LogP contribution in [0.3, 0.4) is 0 Å². The summed E-state index contributed by atoms with van der Waals surface area (Å²) in [5.74, 6) is 0.911. The smallest absolute Gasteiger partial charge is 0.258 e. The molecule has 1 fully saturated rings. The van der Waals surface area contributed by atoms with E-state index in [1.807, 2.05) is 31.2 Å². The number of hydrogen-bond donors (Lipinski definition) is 1. The van der Waals surface area contributed by atoms with Gasteiger partial charge in [0, 0.05) is 18.7 Å².